The van der Waals surface area contributed by atoms with Crippen molar-refractivity contribution in [1.29, 1.82) is 0 Å². The summed E-state index contributed by atoms with van der Waals surface area (Å²) in [4.78, 5) is 10.1. The molecule has 0 radical (unpaired) electrons. The van der Waals surface area contributed by atoms with Crippen molar-refractivity contribution in [2.24, 2.45) is 0 Å². The van der Waals surface area contributed by atoms with E-state index in [1.807, 2.05) is 14.1 Å². The van der Waals surface area contributed by atoms with Crippen molar-refractivity contribution in [3.05, 3.63) is 12.7 Å². The maximum atomic E-state index is 10.1. The number of hydrogen-bond acceptors (Lipinski definition) is 3. The Hall–Kier alpha value is -0.830. The quantitative estimate of drug-likeness (QED) is 0.456. The third-order valence-electron chi connectivity index (χ3n) is 0.453. The first kappa shape index (κ1) is 11.9. The lowest BCUT2D eigenvalue weighted by molar-refractivity contribution is -0.137. The molecule has 10 heavy (non-hydrogen) atoms. The van der Waals surface area contributed by atoms with Crippen LogP contribution in [0.3, 0.4) is 0 Å². The molecule has 1 N–H and O–H groups in total. The first-order valence-corrected chi connectivity index (χ1v) is 3.10. The SMILES string of the molecule is C=CC(=O)OCC.CNC. The predicted octanol–water partition coefficient (Wildman–Crippen LogP) is 0.571. The molecule has 0 aromatic rings. The van der Waals surface area contributed by atoms with Crippen LogP contribution in [-0.4, -0.2) is 26.7 Å². The molecule has 0 rings (SSSR count). The number of rotatable bonds is 2. The Labute approximate surface area is 62.1 Å². The standard InChI is InChI=1S/C5H8O2.C2H7N/c1-3-5(6)7-4-2;1-3-2/h3H,1,4H2,2H3;3H,1-2H3. The number of hydrogen-bond donors (Lipinski definition) is 1. The van der Waals surface area contributed by atoms with Crippen molar-refractivity contribution in [1.82, 2.24) is 5.32 Å². The van der Waals surface area contributed by atoms with Gasteiger partial charge in [-0.2, -0.15) is 0 Å². The van der Waals surface area contributed by atoms with Crippen LogP contribution in [0.2, 0.25) is 0 Å². The van der Waals surface area contributed by atoms with Crippen LogP contribution in [0, 0.1) is 0 Å². The molecule has 0 heterocycles. The van der Waals surface area contributed by atoms with Crippen molar-refractivity contribution in [2.75, 3.05) is 20.7 Å². The fourth-order valence-electron chi connectivity index (χ4n) is 0.201. The van der Waals surface area contributed by atoms with Gasteiger partial charge in [-0.3, -0.25) is 0 Å². The molecule has 0 aromatic heterocycles. The van der Waals surface area contributed by atoms with Gasteiger partial charge in [0.05, 0.1) is 6.61 Å². The van der Waals surface area contributed by atoms with E-state index in [0.717, 1.165) is 6.08 Å². The normalized spacial score (nSPS) is 7.10. The highest BCUT2D eigenvalue weighted by atomic mass is 16.5. The van der Waals surface area contributed by atoms with Crippen LogP contribution in [0.5, 0.6) is 0 Å². The number of carbonyl (C=O) groups excluding carboxylic acids is 1. The molecule has 0 atom stereocenters. The Morgan fingerprint density at radius 2 is 2.10 bits per heavy atom. The Kier molecular flexibility index (Phi) is 13.1. The summed E-state index contributed by atoms with van der Waals surface area (Å²) < 4.78 is 4.43. The first-order valence-electron chi connectivity index (χ1n) is 3.10. The van der Waals surface area contributed by atoms with Gasteiger partial charge < -0.3 is 10.1 Å². The molecular formula is C7H15NO2. The van der Waals surface area contributed by atoms with Crippen molar-refractivity contribution >= 4 is 5.97 Å². The molecule has 0 amide bonds. The molecule has 0 spiro atoms. The average Bonchev–Trinajstić information content (AvgIpc) is 1.90. The van der Waals surface area contributed by atoms with E-state index in [2.05, 4.69) is 16.6 Å². The first-order chi connectivity index (χ1) is 4.72. The largest absolute Gasteiger partial charge is 0.463 e. The van der Waals surface area contributed by atoms with E-state index in [1.54, 1.807) is 6.92 Å². The number of carbonyl (C=O) groups is 1. The Balaban J connectivity index is 0. The molecule has 0 aliphatic carbocycles. The fraction of sp³-hybridized carbons (Fsp3) is 0.571. The molecule has 0 aromatic carbocycles. The van der Waals surface area contributed by atoms with Gasteiger partial charge in [0.15, 0.2) is 0 Å². The van der Waals surface area contributed by atoms with Crippen LogP contribution in [-0.2, 0) is 9.53 Å². The second-order valence-electron chi connectivity index (χ2n) is 1.46. The smallest absolute Gasteiger partial charge is 0.330 e. The predicted molar refractivity (Wildman–Crippen MR) is 41.8 cm³/mol. The van der Waals surface area contributed by atoms with Crippen LogP contribution in [0.25, 0.3) is 0 Å². The molecule has 0 aliphatic heterocycles. The van der Waals surface area contributed by atoms with Crippen LogP contribution < -0.4 is 5.32 Å². The summed E-state index contributed by atoms with van der Waals surface area (Å²) in [6.45, 7) is 5.38. The summed E-state index contributed by atoms with van der Waals surface area (Å²) in [6.07, 6.45) is 1.14. The molecule has 0 bridgehead atoms. The molecule has 60 valence electrons. The Bertz CT molecular complexity index is 91.6. The zero-order valence-electron chi connectivity index (χ0n) is 6.81. The van der Waals surface area contributed by atoms with Gasteiger partial charge in [0, 0.05) is 6.08 Å². The summed E-state index contributed by atoms with van der Waals surface area (Å²) in [5, 5.41) is 2.75. The topological polar surface area (TPSA) is 38.3 Å². The van der Waals surface area contributed by atoms with E-state index in [4.69, 9.17) is 0 Å². The Morgan fingerprint density at radius 3 is 2.20 bits per heavy atom. The maximum Gasteiger partial charge on any atom is 0.330 e. The molecule has 0 aliphatic rings. The van der Waals surface area contributed by atoms with E-state index in [1.165, 1.54) is 0 Å². The third kappa shape index (κ3) is 15.7. The highest BCUT2D eigenvalue weighted by Gasteiger charge is 1.86. The van der Waals surface area contributed by atoms with E-state index >= 15 is 0 Å². The third-order valence-corrected chi connectivity index (χ3v) is 0.453. The lowest BCUT2D eigenvalue weighted by Crippen LogP contribution is -1.97. The molecule has 3 nitrogen and oxygen atoms in total. The van der Waals surface area contributed by atoms with Crippen LogP contribution >= 0.6 is 0 Å². The fourth-order valence-corrected chi connectivity index (χ4v) is 0.201. The molecule has 3 heteroatoms. The highest BCUT2D eigenvalue weighted by molar-refractivity contribution is 5.81. The lowest BCUT2D eigenvalue weighted by Gasteiger charge is -1.90. The van der Waals surface area contributed by atoms with Crippen molar-refractivity contribution in [3.63, 3.8) is 0 Å². The zero-order valence-corrected chi connectivity index (χ0v) is 6.81. The van der Waals surface area contributed by atoms with Gasteiger partial charge in [0.2, 0.25) is 0 Å². The van der Waals surface area contributed by atoms with Crippen LogP contribution in [0.1, 0.15) is 6.92 Å². The summed E-state index contributed by atoms with van der Waals surface area (Å²) in [5.74, 6) is -0.359. The van der Waals surface area contributed by atoms with E-state index < -0.39 is 0 Å². The molecule has 0 fully saturated rings. The van der Waals surface area contributed by atoms with Gasteiger partial charge in [-0.05, 0) is 21.0 Å². The summed E-state index contributed by atoms with van der Waals surface area (Å²) in [6, 6.07) is 0. The van der Waals surface area contributed by atoms with Gasteiger partial charge in [0.25, 0.3) is 0 Å². The molecule has 0 saturated carbocycles. The van der Waals surface area contributed by atoms with E-state index in [9.17, 15) is 4.79 Å². The summed E-state index contributed by atoms with van der Waals surface area (Å²) >= 11 is 0. The number of esters is 1. The van der Waals surface area contributed by atoms with Gasteiger partial charge in [-0.1, -0.05) is 6.58 Å². The Morgan fingerprint density at radius 1 is 1.70 bits per heavy atom. The minimum atomic E-state index is -0.359. The van der Waals surface area contributed by atoms with Crippen molar-refractivity contribution in [3.8, 4) is 0 Å². The minimum Gasteiger partial charge on any atom is -0.463 e. The highest BCUT2D eigenvalue weighted by Crippen LogP contribution is 1.74. The van der Waals surface area contributed by atoms with Gasteiger partial charge in [0.1, 0.15) is 0 Å². The van der Waals surface area contributed by atoms with Gasteiger partial charge in [-0.25, -0.2) is 4.79 Å². The average molecular weight is 145 g/mol. The van der Waals surface area contributed by atoms with E-state index in [0.29, 0.717) is 6.61 Å². The van der Waals surface area contributed by atoms with Gasteiger partial charge >= 0.3 is 5.97 Å². The van der Waals surface area contributed by atoms with Gasteiger partial charge in [-0.15, -0.1) is 0 Å². The maximum absolute atomic E-state index is 10.1. The lowest BCUT2D eigenvalue weighted by atomic mass is 10.6. The second-order valence-corrected chi connectivity index (χ2v) is 1.46. The van der Waals surface area contributed by atoms with Crippen molar-refractivity contribution < 1.29 is 9.53 Å². The van der Waals surface area contributed by atoms with Crippen LogP contribution in [0.4, 0.5) is 0 Å². The summed E-state index contributed by atoms with van der Waals surface area (Å²) in [5.41, 5.74) is 0. The number of nitrogens with one attached hydrogen (secondary N) is 1. The summed E-state index contributed by atoms with van der Waals surface area (Å²) in [7, 11) is 3.75. The van der Waals surface area contributed by atoms with E-state index in [-0.39, 0.29) is 5.97 Å². The second kappa shape index (κ2) is 11.0. The minimum absolute atomic E-state index is 0.359. The molecular weight excluding hydrogens is 130 g/mol. The van der Waals surface area contributed by atoms with Crippen LogP contribution in [0.15, 0.2) is 12.7 Å². The zero-order chi connectivity index (χ0) is 8.41. The molecule has 0 unspecified atom stereocenters. The van der Waals surface area contributed by atoms with Crippen molar-refractivity contribution in [2.45, 2.75) is 6.92 Å². The number of ether oxygens (including phenoxy) is 1. The molecule has 0 saturated heterocycles. The monoisotopic (exact) mass is 145 g/mol.